The van der Waals surface area contributed by atoms with Gasteiger partial charge in [0.2, 0.25) is 70.9 Å². The Morgan fingerprint density at radius 2 is 0.993 bits per heavy atom. The molecular formula is C99H164N15O30S4+. The second-order valence-electron chi connectivity index (χ2n) is 33.4. The van der Waals surface area contributed by atoms with Gasteiger partial charge in [0.15, 0.2) is 0 Å². The number of ketones is 1. The number of nitrogens with two attached hydrogens (primary N) is 1. The molecule has 1 fully saturated rings. The number of quaternary nitrogens is 1. The molecule has 3 aromatic carbocycles. The lowest BCUT2D eigenvalue weighted by Gasteiger charge is -2.30. The number of H-pyrrole nitrogens is 1. The number of carbonyl (C=O) groups is 15. The number of hydrogen-bond donors (Lipinski definition) is 21. The fourth-order valence-corrected chi connectivity index (χ4v) is 17.5. The molecule has 2 heterocycles. The van der Waals surface area contributed by atoms with E-state index in [2.05, 4.69) is 74.5 Å². The highest BCUT2D eigenvalue weighted by Crippen LogP contribution is 2.26. The highest BCUT2D eigenvalue weighted by atomic mass is 33.1. The Labute approximate surface area is 883 Å². The quantitative estimate of drug-likeness (QED) is 0.0211. The molecule has 838 valence electrons. The van der Waals surface area contributed by atoms with Crippen molar-refractivity contribution in [3.63, 3.8) is 0 Å². The summed E-state index contributed by atoms with van der Waals surface area (Å²) in [4.78, 5) is 202. The third-order valence-corrected chi connectivity index (χ3v) is 25.6. The van der Waals surface area contributed by atoms with E-state index in [1.54, 1.807) is 60.7 Å². The van der Waals surface area contributed by atoms with E-state index in [0.29, 0.717) is 69.1 Å². The Morgan fingerprint density at radius 3 is 1.51 bits per heavy atom. The number of nitrogens with one attached hydrogen (secondary N) is 13. The van der Waals surface area contributed by atoms with Gasteiger partial charge in [-0.05, 0) is 87.9 Å². The number of aliphatic hydroxyl groups excluding tert-OH is 4. The Bertz CT molecular complexity index is 4340. The number of benzene rings is 3. The summed E-state index contributed by atoms with van der Waals surface area (Å²) in [5, 5.41) is 90.3. The molecule has 24 N–H and O–H groups in total. The number of aromatic amines is 1. The molecule has 1 saturated heterocycles. The van der Waals surface area contributed by atoms with Crippen molar-refractivity contribution in [3.8, 4) is 0 Å². The molecule has 5 rings (SSSR count). The largest absolute Gasteiger partial charge is 0.481 e. The fraction of sp³-hybridized carbons (Fsp3) is 0.646. The number of Topliss-reactive ketones (excluding diaryl/α,β-unsaturated/α-hetero) is 1. The Kier molecular flexibility index (Phi) is 79.1. The molecule has 1 aromatic heterocycles. The average Bonchev–Trinajstić information content (AvgIpc) is 1.72. The summed E-state index contributed by atoms with van der Waals surface area (Å²) in [7, 11) is 4.68. The van der Waals surface area contributed by atoms with E-state index in [1.165, 1.54) is 42.4 Å². The minimum atomic E-state index is -1.76. The first-order valence-electron chi connectivity index (χ1n) is 50.0. The van der Waals surface area contributed by atoms with Crippen LogP contribution in [0, 0.1) is 5.41 Å². The number of unbranched alkanes of at least 4 members (excludes halogenated alkanes) is 1. The van der Waals surface area contributed by atoms with Gasteiger partial charge < -0.3 is 158 Å². The zero-order valence-corrected chi connectivity index (χ0v) is 90.4. The predicted molar refractivity (Wildman–Crippen MR) is 565 cm³/mol. The third kappa shape index (κ3) is 66.1. The van der Waals surface area contributed by atoms with Crippen LogP contribution < -0.4 is 75.3 Å². The molecule has 0 aliphatic carbocycles. The number of carbonyl (C=O) groups excluding carboxylic acids is 13. The number of fused-ring (bicyclic) bond motifs is 1. The van der Waals surface area contributed by atoms with Gasteiger partial charge in [0.05, 0.1) is 156 Å². The standard InChI is InChI=1S/C91H143N15O26S4.2C2H4O2.2C2H6/c1-5-33-124-39-41-126-37-29-94-79(113)25-35-131-60-91(59-108,55-62(2)109)61-132-36-26-80(114)95-30-38-127-42-44-129-46-48-130-47-45-128-43-40-125-34-27-81(115)99-72-23-24-78(112)96-31-49-133-136-58-77(89(122)103-75(56-107)63(3)110)105-90(123)82(64(4)111)106-85(118)71(22-14-15-28-92)100-87(120)74(54-68-53-67-20-12-13-21-70(67)98-68)102-86(119)73(52-66-18-10-7-11-19-66)101-88(121)76(57-135-134-50-32-97-84(72)117)104-83(116)69(93)51-65-16-8-6-9-17-65;2*1-2(3)4;2*1-2/h6-13,16-21,53,63-64,69,71-77,82,98,107-108,110-111H,5,14-15,22-52,54-61,92-93H2,1-4H3,(H,94,113)(H,95,114)(H,96,112)(H,97,117)(H,99,115)(H,100,120)(H,101,121)(H,102,119)(H,103,122)(H,104,116)(H,105,123)(H,106,118);2*1H3,(H,3,4);2*1-2H3/p+1/t63?,64?,69-,71+,72+,73+,74-,75-,76+,77+,82+,91?;;;;/m1..../s1. The molecule has 12 atom stereocenters. The summed E-state index contributed by atoms with van der Waals surface area (Å²) in [6.07, 6.45) is -1.85. The van der Waals surface area contributed by atoms with E-state index in [-0.39, 0.29) is 217 Å². The van der Waals surface area contributed by atoms with Crippen molar-refractivity contribution in [2.75, 3.05) is 188 Å². The van der Waals surface area contributed by atoms with Crippen molar-refractivity contribution in [1.29, 1.82) is 0 Å². The van der Waals surface area contributed by atoms with Gasteiger partial charge in [-0.1, -0.05) is 157 Å². The molecule has 0 bridgehead atoms. The van der Waals surface area contributed by atoms with Crippen LogP contribution in [0.25, 0.3) is 10.9 Å². The first kappa shape index (κ1) is 136. The Hall–Kier alpha value is -9.75. The minimum Gasteiger partial charge on any atom is -0.481 e. The van der Waals surface area contributed by atoms with Gasteiger partial charge in [-0.3, -0.25) is 67.1 Å². The lowest BCUT2D eigenvalue weighted by Crippen LogP contribution is -2.62. The van der Waals surface area contributed by atoms with Crippen LogP contribution in [0.1, 0.15) is 150 Å². The van der Waals surface area contributed by atoms with Gasteiger partial charge in [-0.25, -0.2) is 0 Å². The van der Waals surface area contributed by atoms with Gasteiger partial charge >= 0.3 is 0 Å². The molecule has 0 spiro atoms. The van der Waals surface area contributed by atoms with Gasteiger partial charge in [0, 0.05) is 131 Å². The number of aromatic nitrogens is 1. The molecule has 4 aromatic rings. The summed E-state index contributed by atoms with van der Waals surface area (Å²) < 4.78 is 50.2. The van der Waals surface area contributed by atoms with Crippen LogP contribution >= 0.6 is 43.2 Å². The van der Waals surface area contributed by atoms with Gasteiger partial charge in [0.25, 0.3) is 11.9 Å². The van der Waals surface area contributed by atoms with Gasteiger partial charge in [0.1, 0.15) is 48.1 Å². The van der Waals surface area contributed by atoms with Crippen LogP contribution in [0.15, 0.2) is 91.0 Å². The fourth-order valence-electron chi connectivity index (χ4n) is 13.3. The van der Waals surface area contributed by atoms with Crippen molar-refractivity contribution < 1.29 is 151 Å². The zero-order valence-electron chi connectivity index (χ0n) is 87.1. The number of carboxylic acid groups (broad SMARTS) is 2. The number of rotatable bonds is 57. The smallest absolute Gasteiger partial charge is 0.300 e. The molecular weight excluding hydrogens is 2010 g/mol. The van der Waals surface area contributed by atoms with E-state index in [1.807, 2.05) is 65.0 Å². The number of aliphatic carboxylic acids is 2. The predicted octanol–water partition coefficient (Wildman–Crippen LogP) is 0.511. The molecule has 0 radical (unpaired) electrons. The highest BCUT2D eigenvalue weighted by Gasteiger charge is 2.38. The van der Waals surface area contributed by atoms with Crippen molar-refractivity contribution in [1.82, 2.24) is 68.8 Å². The van der Waals surface area contributed by atoms with Gasteiger partial charge in [-0.2, -0.15) is 0 Å². The van der Waals surface area contributed by atoms with Crippen LogP contribution in [0.3, 0.4) is 0 Å². The molecule has 12 amide bonds. The normalized spacial score (nSPS) is 18.4. The number of hydrogen-bond acceptors (Lipinski definition) is 33. The lowest BCUT2D eigenvalue weighted by atomic mass is 9.85. The maximum atomic E-state index is 15.2. The summed E-state index contributed by atoms with van der Waals surface area (Å²) in [5.74, 6) is -9.87. The van der Waals surface area contributed by atoms with Crippen molar-refractivity contribution in [2.24, 2.45) is 11.1 Å². The topological polar surface area (TPSA) is 674 Å². The third-order valence-electron chi connectivity index (χ3n) is 20.7. The molecule has 3 unspecified atom stereocenters. The van der Waals surface area contributed by atoms with E-state index in [0.717, 1.165) is 52.8 Å². The van der Waals surface area contributed by atoms with E-state index in [9.17, 15) is 73.2 Å². The number of carboxylic acids is 2. The average molecular weight is 2170 g/mol. The van der Waals surface area contributed by atoms with E-state index in [4.69, 9.17) is 68.2 Å². The second-order valence-corrected chi connectivity index (χ2v) is 38.7. The van der Waals surface area contributed by atoms with Crippen molar-refractivity contribution >= 4 is 143 Å². The van der Waals surface area contributed by atoms with Crippen LogP contribution in [-0.2, 0) is 134 Å². The summed E-state index contributed by atoms with van der Waals surface area (Å²) in [6, 6.07) is 14.4. The van der Waals surface area contributed by atoms with Crippen molar-refractivity contribution in [2.45, 2.75) is 219 Å². The number of para-hydroxylation sites is 1. The van der Waals surface area contributed by atoms with Crippen LogP contribution in [0.2, 0.25) is 0 Å². The molecule has 1 aliphatic heterocycles. The first-order chi connectivity index (χ1) is 71.1. The zero-order chi connectivity index (χ0) is 110. The van der Waals surface area contributed by atoms with E-state index >= 15 is 9.59 Å². The molecule has 45 nitrogen and oxygen atoms in total. The lowest BCUT2D eigenvalue weighted by molar-refractivity contribution is -0.368. The van der Waals surface area contributed by atoms with Crippen LogP contribution in [0.5, 0.6) is 0 Å². The SMILES string of the molecule is CC.CC.CC(=O)O.CC(=O)O.CCCOCCOCCNC(=O)CCOCC(CO)(COCCC(=O)NCCOCCOCCOCCOCCOCCC(=O)N[C@H]1CCC(=O)NCCSSC[C@@H](C(=O)N[C@H](CO)C(C)O)NC(=O)[C@H](C(C)O)NC(=O)[C@H](CCCC[NH3+])NC(=O)[C@@H](Cc2cc3ccccc3[nH]2)NC(=O)[C@H](Cc2ccccc2)NC(=O)[C@@H](NC(=O)[C@H](N)Cc2ccccc2)CSSCCNC1=O)CC(C)=O. The number of aliphatic hydroxyl groups is 4. The maximum absolute atomic E-state index is 15.2. The molecule has 0 saturated carbocycles. The Morgan fingerprint density at radius 1 is 0.520 bits per heavy atom. The highest BCUT2D eigenvalue weighted by molar-refractivity contribution is 8.77. The molecule has 1 aliphatic rings. The van der Waals surface area contributed by atoms with Crippen LogP contribution in [0.4, 0.5) is 0 Å². The second kappa shape index (κ2) is 85.9. The summed E-state index contributed by atoms with van der Waals surface area (Å²) >= 11 is 0. The summed E-state index contributed by atoms with van der Waals surface area (Å²) in [6.45, 7) is 20.1. The first-order valence-corrected chi connectivity index (χ1v) is 54.9. The van der Waals surface area contributed by atoms with Crippen molar-refractivity contribution in [3.05, 3.63) is 108 Å². The van der Waals surface area contributed by atoms with E-state index < -0.39 is 156 Å². The monoisotopic (exact) mass is 2170 g/mol. The minimum absolute atomic E-state index is 0.0199. The Balaban J connectivity index is 0.00000867. The van der Waals surface area contributed by atoms with Gasteiger partial charge in [-0.15, -0.1) is 0 Å². The molecule has 148 heavy (non-hydrogen) atoms. The summed E-state index contributed by atoms with van der Waals surface area (Å²) in [5.41, 5.74) is 11.9. The maximum Gasteiger partial charge on any atom is 0.300 e. The molecule has 49 heteroatoms. The number of amides is 12. The van der Waals surface area contributed by atoms with Crippen LogP contribution in [-0.4, -0.2) is 379 Å². The number of ether oxygens (including phenoxy) is 9.